The number of amides is 1. The van der Waals surface area contributed by atoms with Crippen LogP contribution in [-0.4, -0.2) is 24.0 Å². The summed E-state index contributed by atoms with van der Waals surface area (Å²) in [4.78, 5) is 29.2. The summed E-state index contributed by atoms with van der Waals surface area (Å²) in [5.74, 6) is -0.572. The molecule has 1 N–H and O–H groups in total. The first-order valence-corrected chi connectivity index (χ1v) is 7.69. The molecule has 0 aliphatic rings. The lowest BCUT2D eigenvalue weighted by molar-refractivity contribution is -0.141. The monoisotopic (exact) mass is 310 g/mol. The largest absolute Gasteiger partial charge is 0.469 e. The fourth-order valence-corrected chi connectivity index (χ4v) is 3.19. The Morgan fingerprint density at radius 1 is 1.45 bits per heavy atom. The number of ether oxygens (including phenoxy) is 1. The van der Waals surface area contributed by atoms with Crippen LogP contribution >= 0.6 is 22.7 Å². The van der Waals surface area contributed by atoms with Crippen molar-refractivity contribution in [1.29, 1.82) is 0 Å². The SMILES string of the molecule is COC(=O)C[C@@H](NC(=O)c1scnc1C)c1cccs1. The number of carbonyl (C=O) groups is 2. The minimum absolute atomic E-state index is 0.112. The summed E-state index contributed by atoms with van der Waals surface area (Å²) < 4.78 is 4.68. The zero-order valence-electron chi connectivity index (χ0n) is 11.1. The second kappa shape index (κ2) is 6.62. The summed E-state index contributed by atoms with van der Waals surface area (Å²) in [5.41, 5.74) is 2.32. The van der Waals surface area contributed by atoms with Crippen molar-refractivity contribution >= 4 is 34.6 Å². The molecule has 5 nitrogen and oxygen atoms in total. The highest BCUT2D eigenvalue weighted by Gasteiger charge is 2.22. The van der Waals surface area contributed by atoms with Gasteiger partial charge in [-0.2, -0.15) is 0 Å². The molecule has 2 heterocycles. The van der Waals surface area contributed by atoms with E-state index in [-0.39, 0.29) is 24.3 Å². The molecular formula is C13H14N2O3S2. The fourth-order valence-electron chi connectivity index (χ4n) is 1.71. The van der Waals surface area contributed by atoms with Gasteiger partial charge in [0.1, 0.15) is 4.88 Å². The number of esters is 1. The van der Waals surface area contributed by atoms with Crippen LogP contribution in [0.1, 0.15) is 32.7 Å². The second-order valence-corrected chi connectivity index (χ2v) is 5.92. The molecule has 0 unspecified atom stereocenters. The molecule has 0 spiro atoms. The highest BCUT2D eigenvalue weighted by Crippen LogP contribution is 2.23. The first kappa shape index (κ1) is 14.7. The van der Waals surface area contributed by atoms with Crippen molar-refractivity contribution in [2.75, 3.05) is 7.11 Å². The maximum atomic E-state index is 12.2. The molecule has 0 bridgehead atoms. The van der Waals surface area contributed by atoms with Crippen LogP contribution in [0.5, 0.6) is 0 Å². The molecular weight excluding hydrogens is 296 g/mol. The van der Waals surface area contributed by atoms with E-state index >= 15 is 0 Å². The van der Waals surface area contributed by atoms with E-state index in [4.69, 9.17) is 0 Å². The van der Waals surface area contributed by atoms with Crippen molar-refractivity contribution in [2.24, 2.45) is 0 Å². The third-order valence-electron chi connectivity index (χ3n) is 2.74. The average molecular weight is 310 g/mol. The summed E-state index contributed by atoms with van der Waals surface area (Å²) in [6, 6.07) is 3.39. The van der Waals surface area contributed by atoms with Gasteiger partial charge in [0.25, 0.3) is 5.91 Å². The summed E-state index contributed by atoms with van der Waals surface area (Å²) >= 11 is 2.78. The Morgan fingerprint density at radius 2 is 2.25 bits per heavy atom. The molecule has 0 aliphatic carbocycles. The van der Waals surface area contributed by atoms with Crippen LogP contribution in [0.2, 0.25) is 0 Å². The van der Waals surface area contributed by atoms with E-state index in [1.807, 2.05) is 17.5 Å². The number of hydrogen-bond acceptors (Lipinski definition) is 6. The Balaban J connectivity index is 2.14. The third kappa shape index (κ3) is 3.43. The molecule has 2 aromatic heterocycles. The third-order valence-corrected chi connectivity index (χ3v) is 4.66. The lowest BCUT2D eigenvalue weighted by atomic mass is 10.1. The van der Waals surface area contributed by atoms with Crippen molar-refractivity contribution in [3.63, 3.8) is 0 Å². The van der Waals surface area contributed by atoms with E-state index in [0.717, 1.165) is 4.88 Å². The Morgan fingerprint density at radius 3 is 2.80 bits per heavy atom. The molecule has 0 aromatic carbocycles. The molecule has 1 atom stereocenters. The smallest absolute Gasteiger partial charge is 0.307 e. The summed E-state index contributed by atoms with van der Waals surface area (Å²) in [7, 11) is 1.34. The molecule has 1 amide bonds. The molecule has 106 valence electrons. The molecule has 0 saturated carbocycles. The fraction of sp³-hybridized carbons (Fsp3) is 0.308. The van der Waals surface area contributed by atoms with E-state index in [9.17, 15) is 9.59 Å². The zero-order chi connectivity index (χ0) is 14.5. The van der Waals surface area contributed by atoms with Crippen LogP contribution in [0, 0.1) is 6.92 Å². The molecule has 7 heteroatoms. The molecule has 20 heavy (non-hydrogen) atoms. The predicted octanol–water partition coefficient (Wildman–Crippen LogP) is 2.55. The van der Waals surface area contributed by atoms with Crippen LogP contribution in [0.15, 0.2) is 23.0 Å². The van der Waals surface area contributed by atoms with Crippen molar-refractivity contribution in [1.82, 2.24) is 10.3 Å². The Kier molecular flexibility index (Phi) is 4.86. The van der Waals surface area contributed by atoms with Gasteiger partial charge < -0.3 is 10.1 Å². The molecule has 0 saturated heterocycles. The average Bonchev–Trinajstić information content (AvgIpc) is 3.08. The second-order valence-electron chi connectivity index (χ2n) is 4.09. The van der Waals surface area contributed by atoms with E-state index in [1.54, 1.807) is 12.4 Å². The van der Waals surface area contributed by atoms with Gasteiger partial charge in [-0.05, 0) is 18.4 Å². The maximum absolute atomic E-state index is 12.2. The highest BCUT2D eigenvalue weighted by molar-refractivity contribution is 7.12. The standard InChI is InChI=1S/C13H14N2O3S2/c1-8-12(20-7-14-8)13(17)15-9(6-11(16)18-2)10-4-3-5-19-10/h3-5,7,9H,6H2,1-2H3,(H,15,17)/t9-/m1/s1. The number of thiophene rings is 1. The molecule has 0 fully saturated rings. The summed E-state index contributed by atoms with van der Waals surface area (Å²) in [6.45, 7) is 1.78. The van der Waals surface area contributed by atoms with Crippen LogP contribution in [0.4, 0.5) is 0 Å². The van der Waals surface area contributed by atoms with Crippen LogP contribution < -0.4 is 5.32 Å². The van der Waals surface area contributed by atoms with E-state index < -0.39 is 0 Å². The lowest BCUT2D eigenvalue weighted by Gasteiger charge is -2.16. The van der Waals surface area contributed by atoms with Crippen LogP contribution in [0.25, 0.3) is 0 Å². The number of aryl methyl sites for hydroxylation is 1. The Hall–Kier alpha value is -1.73. The van der Waals surface area contributed by atoms with E-state index in [1.165, 1.54) is 29.8 Å². The number of thiazole rings is 1. The van der Waals surface area contributed by atoms with Gasteiger partial charge in [0, 0.05) is 4.88 Å². The number of carbonyl (C=O) groups excluding carboxylic acids is 2. The number of nitrogens with zero attached hydrogens (tertiary/aromatic N) is 1. The first-order valence-electron chi connectivity index (χ1n) is 5.93. The number of nitrogens with one attached hydrogen (secondary N) is 1. The van der Waals surface area contributed by atoms with Crippen molar-refractivity contribution in [3.8, 4) is 0 Å². The predicted molar refractivity (Wildman–Crippen MR) is 78.0 cm³/mol. The van der Waals surface area contributed by atoms with Gasteiger partial charge in [0.05, 0.1) is 30.8 Å². The van der Waals surface area contributed by atoms with Gasteiger partial charge >= 0.3 is 5.97 Å². The molecule has 2 aromatic rings. The van der Waals surface area contributed by atoms with E-state index in [2.05, 4.69) is 15.0 Å². The number of methoxy groups -OCH3 is 1. The van der Waals surface area contributed by atoms with Gasteiger partial charge in [0.2, 0.25) is 0 Å². The first-order chi connectivity index (χ1) is 9.61. The van der Waals surface area contributed by atoms with Gasteiger partial charge in [-0.15, -0.1) is 22.7 Å². The molecule has 2 rings (SSSR count). The Bertz CT molecular complexity index is 593. The minimum Gasteiger partial charge on any atom is -0.469 e. The zero-order valence-corrected chi connectivity index (χ0v) is 12.7. The van der Waals surface area contributed by atoms with Crippen molar-refractivity contribution in [2.45, 2.75) is 19.4 Å². The topological polar surface area (TPSA) is 68.3 Å². The van der Waals surface area contributed by atoms with Crippen molar-refractivity contribution in [3.05, 3.63) is 38.5 Å². The van der Waals surface area contributed by atoms with Crippen LogP contribution in [0.3, 0.4) is 0 Å². The van der Waals surface area contributed by atoms with Gasteiger partial charge in [-0.25, -0.2) is 4.98 Å². The summed E-state index contributed by atoms with van der Waals surface area (Å²) in [5, 5.41) is 4.78. The maximum Gasteiger partial charge on any atom is 0.307 e. The summed E-state index contributed by atoms with van der Waals surface area (Å²) in [6.07, 6.45) is 0.112. The normalized spacial score (nSPS) is 11.9. The quantitative estimate of drug-likeness (QED) is 0.862. The van der Waals surface area contributed by atoms with Crippen LogP contribution in [-0.2, 0) is 9.53 Å². The van der Waals surface area contributed by atoms with Gasteiger partial charge in [0.15, 0.2) is 0 Å². The number of aromatic nitrogens is 1. The number of rotatable bonds is 5. The lowest BCUT2D eigenvalue weighted by Crippen LogP contribution is -2.29. The number of hydrogen-bond donors (Lipinski definition) is 1. The van der Waals surface area contributed by atoms with Gasteiger partial charge in [-0.3, -0.25) is 9.59 Å². The minimum atomic E-state index is -0.378. The van der Waals surface area contributed by atoms with Gasteiger partial charge in [-0.1, -0.05) is 6.07 Å². The highest BCUT2D eigenvalue weighted by atomic mass is 32.1. The molecule has 0 radical (unpaired) electrons. The van der Waals surface area contributed by atoms with Crippen molar-refractivity contribution < 1.29 is 14.3 Å². The Labute approximate surface area is 124 Å². The van der Waals surface area contributed by atoms with E-state index in [0.29, 0.717) is 10.6 Å². The molecule has 0 aliphatic heterocycles.